The van der Waals surface area contributed by atoms with Crippen LogP contribution >= 0.6 is 0 Å². The maximum Gasteiger partial charge on any atom is 0.0593 e. The quantitative estimate of drug-likeness (QED) is 0.711. The van der Waals surface area contributed by atoms with E-state index in [0.29, 0.717) is 6.04 Å². The summed E-state index contributed by atoms with van der Waals surface area (Å²) in [6.45, 7) is 11.4. The van der Waals surface area contributed by atoms with Gasteiger partial charge in [0.25, 0.3) is 0 Å². The number of piperidine rings is 1. The molecule has 0 bridgehead atoms. The zero-order valence-electron chi connectivity index (χ0n) is 10.8. The largest absolute Gasteiger partial charge is 0.380 e. The van der Waals surface area contributed by atoms with Crippen molar-refractivity contribution in [3.8, 4) is 0 Å². The molecule has 0 N–H and O–H groups in total. The average Bonchev–Trinajstić information content (AvgIpc) is 2.57. The maximum atomic E-state index is 5.52. The molecule has 2 saturated heterocycles. The summed E-state index contributed by atoms with van der Waals surface area (Å²) in [5.74, 6) is 0. The highest BCUT2D eigenvalue weighted by molar-refractivity contribution is 4.81. The van der Waals surface area contributed by atoms with Crippen molar-refractivity contribution in [2.75, 3.05) is 39.4 Å². The molecular formula is C13H26N2O. The molecule has 0 unspecified atom stereocenters. The van der Waals surface area contributed by atoms with Crippen molar-refractivity contribution in [2.45, 2.75) is 45.2 Å². The molecule has 0 saturated carbocycles. The first-order valence-corrected chi connectivity index (χ1v) is 6.83. The van der Waals surface area contributed by atoms with Crippen LogP contribution in [0.15, 0.2) is 0 Å². The molecule has 0 aromatic heterocycles. The second kappa shape index (κ2) is 5.99. The van der Waals surface area contributed by atoms with E-state index in [4.69, 9.17) is 4.74 Å². The minimum atomic E-state index is 0.716. The third-order valence-corrected chi connectivity index (χ3v) is 4.00. The van der Waals surface area contributed by atoms with Crippen LogP contribution in [0, 0.1) is 0 Å². The summed E-state index contributed by atoms with van der Waals surface area (Å²) in [5, 5.41) is 0. The van der Waals surface area contributed by atoms with Crippen LogP contribution in [0.5, 0.6) is 0 Å². The van der Waals surface area contributed by atoms with Gasteiger partial charge in [-0.1, -0.05) is 0 Å². The van der Waals surface area contributed by atoms with Crippen molar-refractivity contribution in [1.29, 1.82) is 0 Å². The van der Waals surface area contributed by atoms with Gasteiger partial charge in [0.2, 0.25) is 0 Å². The summed E-state index contributed by atoms with van der Waals surface area (Å²) in [7, 11) is 0. The van der Waals surface area contributed by atoms with Gasteiger partial charge in [0.1, 0.15) is 0 Å². The first-order chi connectivity index (χ1) is 7.77. The van der Waals surface area contributed by atoms with Gasteiger partial charge in [-0.15, -0.1) is 0 Å². The van der Waals surface area contributed by atoms with Crippen molar-refractivity contribution >= 4 is 0 Å². The van der Waals surface area contributed by atoms with Gasteiger partial charge in [0.15, 0.2) is 0 Å². The number of hydrogen-bond acceptors (Lipinski definition) is 3. The number of ether oxygens (including phenoxy) is 1. The monoisotopic (exact) mass is 226 g/mol. The number of likely N-dealkylation sites (tertiary alicyclic amines) is 1. The van der Waals surface area contributed by atoms with Crippen LogP contribution in [-0.4, -0.2) is 61.3 Å². The Bertz CT molecular complexity index is 192. The lowest BCUT2D eigenvalue weighted by Gasteiger charge is -2.39. The number of hydrogen-bond donors (Lipinski definition) is 0. The summed E-state index contributed by atoms with van der Waals surface area (Å²) in [6.07, 6.45) is 3.90. The second-order valence-electron chi connectivity index (χ2n) is 5.36. The van der Waals surface area contributed by atoms with Gasteiger partial charge in [0, 0.05) is 31.8 Å². The van der Waals surface area contributed by atoms with Gasteiger partial charge < -0.3 is 9.64 Å². The van der Waals surface area contributed by atoms with E-state index in [1.807, 2.05) is 0 Å². The van der Waals surface area contributed by atoms with Gasteiger partial charge >= 0.3 is 0 Å². The van der Waals surface area contributed by atoms with Gasteiger partial charge in [-0.3, -0.25) is 4.90 Å². The molecule has 0 spiro atoms. The van der Waals surface area contributed by atoms with Gasteiger partial charge in [-0.05, 0) is 46.2 Å². The van der Waals surface area contributed by atoms with Crippen LogP contribution in [0.4, 0.5) is 0 Å². The predicted molar refractivity (Wildman–Crippen MR) is 66.7 cm³/mol. The Kier molecular flexibility index (Phi) is 4.62. The fraction of sp³-hybridized carbons (Fsp3) is 1.00. The first kappa shape index (κ1) is 12.3. The lowest BCUT2D eigenvalue weighted by molar-refractivity contribution is 0.0851. The molecule has 0 atom stereocenters. The fourth-order valence-electron chi connectivity index (χ4n) is 2.90. The Morgan fingerprint density at radius 1 is 1.00 bits per heavy atom. The van der Waals surface area contributed by atoms with E-state index in [9.17, 15) is 0 Å². The van der Waals surface area contributed by atoms with Crippen molar-refractivity contribution in [1.82, 2.24) is 9.80 Å². The van der Waals surface area contributed by atoms with Gasteiger partial charge in [0.05, 0.1) is 6.61 Å². The van der Waals surface area contributed by atoms with Crippen molar-refractivity contribution in [3.63, 3.8) is 0 Å². The predicted octanol–water partition coefficient (Wildman–Crippen LogP) is 1.58. The Morgan fingerprint density at radius 2 is 1.75 bits per heavy atom. The fourth-order valence-corrected chi connectivity index (χ4v) is 2.90. The normalized spacial score (nSPS) is 27.2. The van der Waals surface area contributed by atoms with Gasteiger partial charge in [-0.2, -0.15) is 0 Å². The highest BCUT2D eigenvalue weighted by atomic mass is 16.5. The van der Waals surface area contributed by atoms with E-state index in [1.54, 1.807) is 0 Å². The number of rotatable bonds is 2. The molecule has 2 aliphatic rings. The summed E-state index contributed by atoms with van der Waals surface area (Å²) in [4.78, 5) is 5.26. The zero-order valence-corrected chi connectivity index (χ0v) is 10.8. The van der Waals surface area contributed by atoms with E-state index in [1.165, 1.54) is 38.9 Å². The number of nitrogens with zero attached hydrogens (tertiary/aromatic N) is 2. The summed E-state index contributed by atoms with van der Waals surface area (Å²) < 4.78 is 5.52. The van der Waals surface area contributed by atoms with E-state index < -0.39 is 0 Å². The molecule has 3 nitrogen and oxygen atoms in total. The van der Waals surface area contributed by atoms with E-state index >= 15 is 0 Å². The van der Waals surface area contributed by atoms with Crippen LogP contribution in [-0.2, 0) is 4.74 Å². The molecule has 3 heteroatoms. The summed E-state index contributed by atoms with van der Waals surface area (Å²) >= 11 is 0. The molecule has 0 aliphatic carbocycles. The standard InChI is InChI=1S/C13H26N2O/c1-12(2)14-7-4-13(5-8-14)15-6-3-10-16-11-9-15/h12-13H,3-11H2,1-2H3. The second-order valence-corrected chi connectivity index (χ2v) is 5.36. The molecule has 2 heterocycles. The molecule has 0 amide bonds. The Morgan fingerprint density at radius 3 is 2.44 bits per heavy atom. The Labute approximate surface area is 99.7 Å². The minimum absolute atomic E-state index is 0.716. The van der Waals surface area contributed by atoms with E-state index in [2.05, 4.69) is 23.6 Å². The van der Waals surface area contributed by atoms with Crippen LogP contribution in [0.2, 0.25) is 0 Å². The maximum absolute atomic E-state index is 5.52. The summed E-state index contributed by atoms with van der Waals surface area (Å²) in [5.41, 5.74) is 0. The molecule has 0 radical (unpaired) electrons. The van der Waals surface area contributed by atoms with Crippen molar-refractivity contribution < 1.29 is 4.74 Å². The van der Waals surface area contributed by atoms with Crippen molar-refractivity contribution in [2.24, 2.45) is 0 Å². The molecule has 0 aromatic rings. The molecule has 2 rings (SSSR count). The van der Waals surface area contributed by atoms with Crippen molar-refractivity contribution in [3.05, 3.63) is 0 Å². The van der Waals surface area contributed by atoms with Crippen LogP contribution in [0.3, 0.4) is 0 Å². The minimum Gasteiger partial charge on any atom is -0.380 e. The third kappa shape index (κ3) is 3.19. The molecule has 2 aliphatic heterocycles. The smallest absolute Gasteiger partial charge is 0.0593 e. The third-order valence-electron chi connectivity index (χ3n) is 4.00. The molecule has 16 heavy (non-hydrogen) atoms. The highest BCUT2D eigenvalue weighted by Gasteiger charge is 2.25. The average molecular weight is 226 g/mol. The highest BCUT2D eigenvalue weighted by Crippen LogP contribution is 2.19. The molecule has 0 aromatic carbocycles. The topological polar surface area (TPSA) is 15.7 Å². The lowest BCUT2D eigenvalue weighted by Crippen LogP contribution is -2.47. The van der Waals surface area contributed by atoms with Crippen LogP contribution < -0.4 is 0 Å². The molecule has 94 valence electrons. The van der Waals surface area contributed by atoms with Crippen LogP contribution in [0.25, 0.3) is 0 Å². The zero-order chi connectivity index (χ0) is 11.4. The first-order valence-electron chi connectivity index (χ1n) is 6.83. The SMILES string of the molecule is CC(C)N1CCC(N2CCCOCC2)CC1. The lowest BCUT2D eigenvalue weighted by atomic mass is 10.0. The molecular weight excluding hydrogens is 200 g/mol. The van der Waals surface area contributed by atoms with Gasteiger partial charge in [-0.25, -0.2) is 0 Å². The van der Waals surface area contributed by atoms with E-state index in [-0.39, 0.29) is 0 Å². The van der Waals surface area contributed by atoms with E-state index in [0.717, 1.165) is 25.8 Å². The van der Waals surface area contributed by atoms with Crippen LogP contribution in [0.1, 0.15) is 33.1 Å². The summed E-state index contributed by atoms with van der Waals surface area (Å²) in [6, 6.07) is 1.53. The Hall–Kier alpha value is -0.120. The Balaban J connectivity index is 1.78. The molecule has 2 fully saturated rings.